The van der Waals surface area contributed by atoms with E-state index in [0.29, 0.717) is 28.2 Å². The highest BCUT2D eigenvalue weighted by Gasteiger charge is 2.29. The predicted molar refractivity (Wildman–Crippen MR) is 106 cm³/mol. The number of fused-ring (bicyclic) bond motifs is 1. The highest BCUT2D eigenvalue weighted by Crippen LogP contribution is 2.29. The zero-order valence-corrected chi connectivity index (χ0v) is 16.9. The van der Waals surface area contributed by atoms with Gasteiger partial charge in [-0.3, -0.25) is 14.2 Å². The van der Waals surface area contributed by atoms with Gasteiger partial charge in [-0.05, 0) is 24.6 Å². The first-order valence-corrected chi connectivity index (χ1v) is 9.84. The lowest BCUT2D eigenvalue weighted by atomic mass is 9.92. The van der Waals surface area contributed by atoms with Gasteiger partial charge >= 0.3 is 0 Å². The summed E-state index contributed by atoms with van der Waals surface area (Å²) >= 11 is 7.57. The van der Waals surface area contributed by atoms with Crippen LogP contribution in [0.5, 0.6) is 0 Å². The standard InChI is InChI=1S/C19H22ClN3O2S/c1-11-13(20)6-5-7-14(11)21-17(25)12-9-23-16(24)8-15(19(2,3)4)22-18(23)26-10-12/h5-8,12H,9-10H2,1-4H3,(H,21,25). The van der Waals surface area contributed by atoms with Gasteiger partial charge in [0.15, 0.2) is 5.16 Å². The van der Waals surface area contributed by atoms with E-state index in [1.165, 1.54) is 11.8 Å². The number of anilines is 1. The van der Waals surface area contributed by atoms with Gasteiger partial charge in [-0.15, -0.1) is 0 Å². The third kappa shape index (κ3) is 3.81. The van der Waals surface area contributed by atoms with Gasteiger partial charge in [0.25, 0.3) is 5.56 Å². The van der Waals surface area contributed by atoms with Crippen molar-refractivity contribution in [3.63, 3.8) is 0 Å². The summed E-state index contributed by atoms with van der Waals surface area (Å²) in [5.74, 6) is 0.178. The molecule has 2 heterocycles. The van der Waals surface area contributed by atoms with Gasteiger partial charge in [-0.2, -0.15) is 0 Å². The second-order valence-corrected chi connectivity index (χ2v) is 8.93. The first-order chi connectivity index (χ1) is 12.2. The van der Waals surface area contributed by atoms with Crippen molar-refractivity contribution < 1.29 is 4.79 Å². The van der Waals surface area contributed by atoms with E-state index < -0.39 is 0 Å². The van der Waals surface area contributed by atoms with Crippen molar-refractivity contribution in [3.8, 4) is 0 Å². The van der Waals surface area contributed by atoms with Crippen molar-refractivity contribution in [1.82, 2.24) is 9.55 Å². The number of carbonyl (C=O) groups excluding carboxylic acids is 1. The van der Waals surface area contributed by atoms with E-state index in [2.05, 4.69) is 10.3 Å². The first-order valence-electron chi connectivity index (χ1n) is 8.48. The van der Waals surface area contributed by atoms with Crippen LogP contribution in [-0.2, 0) is 16.8 Å². The van der Waals surface area contributed by atoms with Crippen LogP contribution >= 0.6 is 23.4 Å². The molecule has 5 nitrogen and oxygen atoms in total. The van der Waals surface area contributed by atoms with E-state index in [0.717, 1.165) is 11.3 Å². The number of hydrogen-bond donors (Lipinski definition) is 1. The molecule has 1 atom stereocenters. The Labute approximate surface area is 162 Å². The van der Waals surface area contributed by atoms with Crippen molar-refractivity contribution in [2.45, 2.75) is 44.8 Å². The van der Waals surface area contributed by atoms with E-state index in [9.17, 15) is 9.59 Å². The Kier molecular flexibility index (Phi) is 5.17. The summed E-state index contributed by atoms with van der Waals surface area (Å²) < 4.78 is 1.60. The minimum absolute atomic E-state index is 0.108. The number of benzene rings is 1. The lowest BCUT2D eigenvalue weighted by molar-refractivity contribution is -0.119. The molecule has 1 aliphatic heterocycles. The number of carbonyl (C=O) groups is 1. The molecule has 1 aliphatic rings. The number of hydrogen-bond acceptors (Lipinski definition) is 4. The lowest BCUT2D eigenvalue weighted by Gasteiger charge is -2.26. The largest absolute Gasteiger partial charge is 0.325 e. The van der Waals surface area contributed by atoms with Gasteiger partial charge in [-0.1, -0.05) is 50.2 Å². The summed E-state index contributed by atoms with van der Waals surface area (Å²) in [6, 6.07) is 6.99. The number of nitrogens with zero attached hydrogens (tertiary/aromatic N) is 2. The van der Waals surface area contributed by atoms with Gasteiger partial charge < -0.3 is 5.32 Å². The quantitative estimate of drug-likeness (QED) is 0.789. The molecular weight excluding hydrogens is 370 g/mol. The molecule has 0 spiro atoms. The van der Waals surface area contributed by atoms with Crippen LogP contribution in [0.2, 0.25) is 5.02 Å². The van der Waals surface area contributed by atoms with Crippen molar-refractivity contribution in [1.29, 1.82) is 0 Å². The van der Waals surface area contributed by atoms with Crippen LogP contribution in [0.15, 0.2) is 34.2 Å². The molecule has 0 aliphatic carbocycles. The predicted octanol–water partition coefficient (Wildman–Crippen LogP) is 3.86. The van der Waals surface area contributed by atoms with Gasteiger partial charge in [-0.25, -0.2) is 4.98 Å². The lowest BCUT2D eigenvalue weighted by Crippen LogP contribution is -2.37. The molecule has 0 radical (unpaired) electrons. The van der Waals surface area contributed by atoms with E-state index in [1.54, 1.807) is 22.8 Å². The summed E-state index contributed by atoms with van der Waals surface area (Å²) in [4.78, 5) is 29.8. The topological polar surface area (TPSA) is 64.0 Å². The fraction of sp³-hybridized carbons (Fsp3) is 0.421. The Morgan fingerprint density at radius 2 is 2.12 bits per heavy atom. The average molecular weight is 392 g/mol. The number of rotatable bonds is 2. The molecule has 1 aromatic heterocycles. The maximum Gasteiger partial charge on any atom is 0.254 e. The maximum absolute atomic E-state index is 12.7. The molecular formula is C19H22ClN3O2S. The minimum Gasteiger partial charge on any atom is -0.325 e. The van der Waals surface area contributed by atoms with E-state index >= 15 is 0 Å². The molecule has 1 unspecified atom stereocenters. The van der Waals surface area contributed by atoms with Crippen molar-refractivity contribution in [2.75, 3.05) is 11.1 Å². The van der Waals surface area contributed by atoms with Crippen LogP contribution in [-0.4, -0.2) is 21.2 Å². The Balaban J connectivity index is 1.81. The average Bonchev–Trinajstić information content (AvgIpc) is 2.57. The van der Waals surface area contributed by atoms with E-state index in [1.807, 2.05) is 33.8 Å². The molecule has 3 rings (SSSR count). The van der Waals surface area contributed by atoms with Gasteiger partial charge in [0.2, 0.25) is 5.91 Å². The summed E-state index contributed by atoms with van der Waals surface area (Å²) in [5, 5.41) is 4.23. The zero-order chi connectivity index (χ0) is 19.1. The fourth-order valence-corrected chi connectivity index (χ4v) is 4.00. The van der Waals surface area contributed by atoms with E-state index in [-0.39, 0.29) is 22.8 Å². The zero-order valence-electron chi connectivity index (χ0n) is 15.3. The molecule has 0 bridgehead atoms. The smallest absolute Gasteiger partial charge is 0.254 e. The summed E-state index contributed by atoms with van der Waals surface area (Å²) in [7, 11) is 0. The molecule has 138 valence electrons. The molecule has 2 aromatic rings. The second kappa shape index (κ2) is 7.08. The maximum atomic E-state index is 12.7. The van der Waals surface area contributed by atoms with Crippen molar-refractivity contribution in [3.05, 3.63) is 50.9 Å². The molecule has 1 amide bonds. The van der Waals surface area contributed by atoms with Crippen LogP contribution in [0, 0.1) is 12.8 Å². The Hall–Kier alpha value is -1.79. The SMILES string of the molecule is Cc1c(Cl)cccc1NC(=O)C1CSc2nc(C(C)(C)C)cc(=O)n2C1. The van der Waals surface area contributed by atoms with Crippen LogP contribution < -0.4 is 10.9 Å². The molecule has 0 fully saturated rings. The Morgan fingerprint density at radius 1 is 1.38 bits per heavy atom. The van der Waals surface area contributed by atoms with Gasteiger partial charge in [0.1, 0.15) is 0 Å². The molecule has 1 N–H and O–H groups in total. The highest BCUT2D eigenvalue weighted by atomic mass is 35.5. The molecule has 1 aromatic carbocycles. The Bertz CT molecular complexity index is 918. The van der Waals surface area contributed by atoms with E-state index in [4.69, 9.17) is 11.6 Å². The second-order valence-electron chi connectivity index (χ2n) is 7.53. The summed E-state index contributed by atoms with van der Waals surface area (Å²) in [6.45, 7) is 8.30. The van der Waals surface area contributed by atoms with Crippen LogP contribution in [0.1, 0.15) is 32.0 Å². The van der Waals surface area contributed by atoms with Crippen molar-refractivity contribution in [2.24, 2.45) is 5.92 Å². The summed E-state index contributed by atoms with van der Waals surface area (Å²) in [6.07, 6.45) is 0. The Morgan fingerprint density at radius 3 is 2.81 bits per heavy atom. The van der Waals surface area contributed by atoms with Crippen LogP contribution in [0.3, 0.4) is 0 Å². The third-order valence-corrected chi connectivity index (χ3v) is 6.00. The molecule has 7 heteroatoms. The number of nitrogens with one attached hydrogen (secondary N) is 1. The number of amides is 1. The number of halogens is 1. The fourth-order valence-electron chi connectivity index (χ4n) is 2.73. The molecule has 26 heavy (non-hydrogen) atoms. The molecule has 0 saturated heterocycles. The van der Waals surface area contributed by atoms with Crippen molar-refractivity contribution >= 4 is 35.0 Å². The monoisotopic (exact) mass is 391 g/mol. The van der Waals surface area contributed by atoms with Crippen LogP contribution in [0.25, 0.3) is 0 Å². The minimum atomic E-state index is -0.300. The number of aromatic nitrogens is 2. The van der Waals surface area contributed by atoms with Gasteiger partial charge in [0.05, 0.1) is 11.6 Å². The first kappa shape index (κ1) is 19.0. The van der Waals surface area contributed by atoms with Gasteiger partial charge in [0, 0.05) is 34.5 Å². The third-order valence-electron chi connectivity index (χ3n) is 4.45. The molecule has 0 saturated carbocycles. The normalized spacial score (nSPS) is 16.9. The van der Waals surface area contributed by atoms with Crippen LogP contribution in [0.4, 0.5) is 5.69 Å². The summed E-state index contributed by atoms with van der Waals surface area (Å²) in [5.41, 5.74) is 2.02. The number of thioether (sulfide) groups is 1. The highest BCUT2D eigenvalue weighted by molar-refractivity contribution is 7.99.